The zero-order chi connectivity index (χ0) is 13.1. The second-order valence-electron chi connectivity index (χ2n) is 3.85. The predicted octanol–water partition coefficient (Wildman–Crippen LogP) is 2.46. The molecule has 1 aromatic carbocycles. The summed E-state index contributed by atoms with van der Waals surface area (Å²) in [7, 11) is -3.60. The summed E-state index contributed by atoms with van der Waals surface area (Å²) >= 11 is 5.59. The minimum absolute atomic E-state index is 0.0812. The van der Waals surface area contributed by atoms with Crippen LogP contribution in [0.1, 0.15) is 13.8 Å². The summed E-state index contributed by atoms with van der Waals surface area (Å²) < 4.78 is 38.5. The third kappa shape index (κ3) is 3.40. The molecule has 96 valence electrons. The smallest absolute Gasteiger partial charge is 0.207 e. The number of halogens is 2. The number of hydrogen-bond acceptors (Lipinski definition) is 2. The molecular formula is C11H15ClFNO2S. The van der Waals surface area contributed by atoms with Crippen molar-refractivity contribution in [1.82, 2.24) is 4.31 Å². The Morgan fingerprint density at radius 3 is 2.24 bits per heavy atom. The lowest BCUT2D eigenvalue weighted by molar-refractivity contribution is 0.370. The summed E-state index contributed by atoms with van der Waals surface area (Å²) in [5.74, 6) is -0.240. The number of nitrogens with zero attached hydrogens (tertiary/aromatic N) is 1. The Bertz CT molecular complexity index is 459. The number of rotatable bonds is 5. The van der Waals surface area contributed by atoms with Crippen molar-refractivity contribution in [2.24, 2.45) is 0 Å². The summed E-state index contributed by atoms with van der Waals surface area (Å²) in [6, 6.07) is 4.59. The van der Waals surface area contributed by atoms with E-state index in [2.05, 4.69) is 0 Å². The van der Waals surface area contributed by atoms with Crippen LogP contribution in [0.3, 0.4) is 0 Å². The van der Waals surface area contributed by atoms with E-state index in [1.165, 1.54) is 16.4 Å². The highest BCUT2D eigenvalue weighted by molar-refractivity contribution is 7.89. The highest BCUT2D eigenvalue weighted by Crippen LogP contribution is 2.18. The average molecular weight is 280 g/mol. The monoisotopic (exact) mass is 279 g/mol. The first-order valence-electron chi connectivity index (χ1n) is 5.23. The Morgan fingerprint density at radius 2 is 1.82 bits per heavy atom. The maximum atomic E-state index is 12.8. The van der Waals surface area contributed by atoms with Gasteiger partial charge in [0.25, 0.3) is 0 Å². The molecule has 0 aromatic heterocycles. The molecule has 0 amide bonds. The quantitative estimate of drug-likeness (QED) is 0.777. The van der Waals surface area contributed by atoms with Gasteiger partial charge in [0, 0.05) is 18.5 Å². The second kappa shape index (κ2) is 5.80. The molecule has 3 nitrogen and oxygen atoms in total. The Hall–Kier alpha value is -0.650. The third-order valence-corrected chi connectivity index (χ3v) is 4.56. The maximum absolute atomic E-state index is 12.8. The number of hydrogen-bond donors (Lipinski definition) is 0. The summed E-state index contributed by atoms with van der Waals surface area (Å²) in [6.07, 6.45) is 0. The molecule has 0 radical (unpaired) electrons. The van der Waals surface area contributed by atoms with Crippen molar-refractivity contribution in [3.05, 3.63) is 30.1 Å². The highest BCUT2D eigenvalue weighted by atomic mass is 35.5. The number of sulfonamides is 1. The predicted molar refractivity (Wildman–Crippen MR) is 66.1 cm³/mol. The first-order valence-corrected chi connectivity index (χ1v) is 7.20. The summed E-state index contributed by atoms with van der Waals surface area (Å²) in [5, 5.41) is 0. The van der Waals surface area contributed by atoms with E-state index >= 15 is 0 Å². The van der Waals surface area contributed by atoms with Gasteiger partial charge in [-0.15, -0.1) is 11.6 Å². The van der Waals surface area contributed by atoms with Crippen molar-refractivity contribution >= 4 is 21.6 Å². The van der Waals surface area contributed by atoms with Gasteiger partial charge in [-0.1, -0.05) is 0 Å². The lowest BCUT2D eigenvalue weighted by Crippen LogP contribution is -2.38. The van der Waals surface area contributed by atoms with Crippen LogP contribution in [0.4, 0.5) is 4.39 Å². The van der Waals surface area contributed by atoms with E-state index in [0.717, 1.165) is 12.1 Å². The third-order valence-electron chi connectivity index (χ3n) is 2.30. The molecule has 1 rings (SSSR count). The molecule has 0 atom stereocenters. The first-order chi connectivity index (χ1) is 7.89. The zero-order valence-electron chi connectivity index (χ0n) is 9.73. The van der Waals surface area contributed by atoms with Crippen molar-refractivity contribution in [2.75, 3.05) is 12.4 Å². The highest BCUT2D eigenvalue weighted by Gasteiger charge is 2.26. The SMILES string of the molecule is CC(C)N(CCCl)S(=O)(=O)c1ccc(F)cc1. The van der Waals surface area contributed by atoms with Crippen LogP contribution in [0.2, 0.25) is 0 Å². The molecule has 0 bridgehead atoms. The molecule has 0 spiro atoms. The van der Waals surface area contributed by atoms with Gasteiger partial charge in [-0.2, -0.15) is 4.31 Å². The zero-order valence-corrected chi connectivity index (χ0v) is 11.3. The van der Waals surface area contributed by atoms with Crippen LogP contribution in [0, 0.1) is 5.82 Å². The van der Waals surface area contributed by atoms with Crippen molar-refractivity contribution in [2.45, 2.75) is 24.8 Å². The van der Waals surface area contributed by atoms with E-state index in [-0.39, 0.29) is 23.4 Å². The van der Waals surface area contributed by atoms with Crippen LogP contribution in [-0.4, -0.2) is 31.2 Å². The Balaban J connectivity index is 3.12. The lowest BCUT2D eigenvalue weighted by Gasteiger charge is -2.24. The fourth-order valence-electron chi connectivity index (χ4n) is 1.48. The standard InChI is InChI=1S/C11H15ClFNO2S/c1-9(2)14(8-7-12)17(15,16)11-5-3-10(13)4-6-11/h3-6,9H,7-8H2,1-2H3. The Morgan fingerprint density at radius 1 is 1.29 bits per heavy atom. The van der Waals surface area contributed by atoms with Gasteiger partial charge in [-0.3, -0.25) is 0 Å². The number of alkyl halides is 1. The van der Waals surface area contributed by atoms with Crippen LogP contribution in [0.15, 0.2) is 29.2 Å². The van der Waals surface area contributed by atoms with Crippen LogP contribution in [0.5, 0.6) is 0 Å². The van der Waals surface area contributed by atoms with Gasteiger partial charge >= 0.3 is 0 Å². The van der Waals surface area contributed by atoms with Gasteiger partial charge in [0.05, 0.1) is 4.90 Å². The fourth-order valence-corrected chi connectivity index (χ4v) is 3.40. The van der Waals surface area contributed by atoms with Gasteiger partial charge in [-0.05, 0) is 38.1 Å². The minimum atomic E-state index is -3.60. The lowest BCUT2D eigenvalue weighted by atomic mass is 10.4. The normalized spacial score (nSPS) is 12.4. The first kappa shape index (κ1) is 14.4. The maximum Gasteiger partial charge on any atom is 0.243 e. The molecule has 0 fully saturated rings. The van der Waals surface area contributed by atoms with E-state index in [4.69, 9.17) is 11.6 Å². The summed E-state index contributed by atoms with van der Waals surface area (Å²) in [4.78, 5) is 0.0812. The molecule has 0 aliphatic rings. The van der Waals surface area contributed by atoms with Crippen molar-refractivity contribution in [3.8, 4) is 0 Å². The molecule has 0 N–H and O–H groups in total. The molecule has 0 saturated heterocycles. The van der Waals surface area contributed by atoms with E-state index in [1.807, 2.05) is 0 Å². The van der Waals surface area contributed by atoms with Crippen molar-refractivity contribution in [3.63, 3.8) is 0 Å². The van der Waals surface area contributed by atoms with Crippen molar-refractivity contribution in [1.29, 1.82) is 0 Å². The molecule has 0 heterocycles. The molecule has 0 aliphatic heterocycles. The molecule has 0 saturated carbocycles. The van der Waals surface area contributed by atoms with Gasteiger partial charge in [0.2, 0.25) is 10.0 Å². The van der Waals surface area contributed by atoms with Crippen LogP contribution in [0.25, 0.3) is 0 Å². The van der Waals surface area contributed by atoms with Gasteiger partial charge < -0.3 is 0 Å². The van der Waals surface area contributed by atoms with E-state index in [0.29, 0.717) is 0 Å². The van der Waals surface area contributed by atoms with Crippen LogP contribution in [-0.2, 0) is 10.0 Å². The van der Waals surface area contributed by atoms with Gasteiger partial charge in [0.15, 0.2) is 0 Å². The van der Waals surface area contributed by atoms with Crippen LogP contribution < -0.4 is 0 Å². The average Bonchev–Trinajstić information content (AvgIpc) is 2.25. The van der Waals surface area contributed by atoms with Crippen molar-refractivity contribution < 1.29 is 12.8 Å². The minimum Gasteiger partial charge on any atom is -0.207 e. The largest absolute Gasteiger partial charge is 0.243 e. The second-order valence-corrected chi connectivity index (χ2v) is 6.12. The molecular weight excluding hydrogens is 265 g/mol. The number of benzene rings is 1. The van der Waals surface area contributed by atoms with E-state index < -0.39 is 15.8 Å². The topological polar surface area (TPSA) is 37.4 Å². The Labute approximate surface area is 106 Å². The molecule has 6 heteroatoms. The van der Waals surface area contributed by atoms with Gasteiger partial charge in [-0.25, -0.2) is 12.8 Å². The van der Waals surface area contributed by atoms with Gasteiger partial charge in [0.1, 0.15) is 5.82 Å². The van der Waals surface area contributed by atoms with E-state index in [1.54, 1.807) is 13.8 Å². The molecule has 17 heavy (non-hydrogen) atoms. The summed E-state index contributed by atoms with van der Waals surface area (Å²) in [5.41, 5.74) is 0. The Kier molecular flexibility index (Phi) is 4.91. The fraction of sp³-hybridized carbons (Fsp3) is 0.455. The van der Waals surface area contributed by atoms with E-state index in [9.17, 15) is 12.8 Å². The summed E-state index contributed by atoms with van der Waals surface area (Å²) in [6.45, 7) is 3.78. The van der Waals surface area contributed by atoms with Crippen LogP contribution >= 0.6 is 11.6 Å². The molecule has 0 unspecified atom stereocenters. The molecule has 1 aromatic rings. The molecule has 0 aliphatic carbocycles.